The Bertz CT molecular complexity index is 965. The molecule has 5 nitrogen and oxygen atoms in total. The second-order valence-corrected chi connectivity index (χ2v) is 6.70. The van der Waals surface area contributed by atoms with E-state index in [-0.39, 0.29) is 5.75 Å². The summed E-state index contributed by atoms with van der Waals surface area (Å²) in [5.74, 6) is 0.131. The number of nitrogens with zero attached hydrogens (tertiary/aromatic N) is 1. The first kappa shape index (κ1) is 19.0. The Morgan fingerprint density at radius 3 is 2.48 bits per heavy atom. The van der Waals surface area contributed by atoms with Gasteiger partial charge in [0.05, 0.1) is 6.10 Å². The van der Waals surface area contributed by atoms with Gasteiger partial charge in [-0.1, -0.05) is 32.0 Å². The molecule has 2 N–H and O–H groups in total. The van der Waals surface area contributed by atoms with E-state index >= 15 is 0 Å². The Morgan fingerprint density at radius 1 is 1.07 bits per heavy atom. The number of para-hydroxylation sites is 1. The predicted molar refractivity (Wildman–Crippen MR) is 107 cm³/mol. The fourth-order valence-electron chi connectivity index (χ4n) is 3.21. The van der Waals surface area contributed by atoms with E-state index < -0.39 is 11.7 Å². The van der Waals surface area contributed by atoms with E-state index in [1.54, 1.807) is 0 Å². The molecule has 0 amide bonds. The summed E-state index contributed by atoms with van der Waals surface area (Å²) in [6, 6.07) is 14.7. The third-order valence-corrected chi connectivity index (χ3v) is 4.80. The maximum absolute atomic E-state index is 12.1. The van der Waals surface area contributed by atoms with E-state index in [2.05, 4.69) is 4.90 Å². The summed E-state index contributed by atoms with van der Waals surface area (Å²) in [7, 11) is 0. The highest BCUT2D eigenvalue weighted by Crippen LogP contribution is 2.28. The van der Waals surface area contributed by atoms with Gasteiger partial charge in [-0.05, 0) is 42.2 Å². The van der Waals surface area contributed by atoms with Crippen LogP contribution in [0.4, 0.5) is 5.69 Å². The molecule has 0 spiro atoms. The fourth-order valence-corrected chi connectivity index (χ4v) is 3.21. The molecule has 0 aliphatic carbocycles. The molecule has 1 heterocycles. The van der Waals surface area contributed by atoms with Gasteiger partial charge in [-0.2, -0.15) is 0 Å². The highest BCUT2D eigenvalue weighted by Gasteiger charge is 2.16. The maximum atomic E-state index is 12.1. The summed E-state index contributed by atoms with van der Waals surface area (Å²) in [5, 5.41) is 21.1. The molecule has 0 saturated heterocycles. The number of aliphatic hydroxyl groups excluding tert-OH is 1. The SMILES string of the molecule is CCc1cc2c(CN(CC(O)CC)c3ccccc3)cc(=O)oc2cc1O. The number of aliphatic hydroxyl groups is 1. The second kappa shape index (κ2) is 8.27. The van der Waals surface area contributed by atoms with Gasteiger partial charge in [0.15, 0.2) is 0 Å². The quantitative estimate of drug-likeness (QED) is 0.621. The standard InChI is InChI=1S/C22H25NO4/c1-3-15-10-19-16(11-22(26)27-21(19)12-20(15)25)13-23(14-18(24)4-2)17-8-6-5-7-9-17/h5-12,18,24-25H,3-4,13-14H2,1-2H3. The molecule has 27 heavy (non-hydrogen) atoms. The van der Waals surface area contributed by atoms with Gasteiger partial charge in [-0.25, -0.2) is 4.79 Å². The fraction of sp³-hybridized carbons (Fsp3) is 0.318. The van der Waals surface area contributed by atoms with Crippen LogP contribution in [0.2, 0.25) is 0 Å². The van der Waals surface area contributed by atoms with Gasteiger partial charge in [-0.3, -0.25) is 0 Å². The minimum Gasteiger partial charge on any atom is -0.508 e. The van der Waals surface area contributed by atoms with Crippen LogP contribution in [0.5, 0.6) is 5.75 Å². The first-order chi connectivity index (χ1) is 13.0. The molecule has 3 aromatic rings. The number of benzene rings is 2. The van der Waals surface area contributed by atoms with Crippen molar-refractivity contribution in [3.05, 3.63) is 70.1 Å². The predicted octanol–water partition coefficient (Wildman–Crippen LogP) is 3.84. The third kappa shape index (κ3) is 4.31. The van der Waals surface area contributed by atoms with Crippen molar-refractivity contribution in [3.63, 3.8) is 0 Å². The topological polar surface area (TPSA) is 73.9 Å². The van der Waals surface area contributed by atoms with Crippen LogP contribution in [-0.4, -0.2) is 22.9 Å². The zero-order chi connectivity index (χ0) is 19.4. The van der Waals surface area contributed by atoms with Crippen molar-refractivity contribution in [2.45, 2.75) is 39.3 Å². The number of hydrogen-bond acceptors (Lipinski definition) is 5. The van der Waals surface area contributed by atoms with Crippen molar-refractivity contribution in [2.75, 3.05) is 11.4 Å². The van der Waals surface area contributed by atoms with Crippen molar-refractivity contribution in [2.24, 2.45) is 0 Å². The van der Waals surface area contributed by atoms with Crippen LogP contribution in [0.3, 0.4) is 0 Å². The van der Waals surface area contributed by atoms with E-state index in [1.165, 1.54) is 12.1 Å². The van der Waals surface area contributed by atoms with Crippen molar-refractivity contribution in [1.29, 1.82) is 0 Å². The van der Waals surface area contributed by atoms with Crippen LogP contribution >= 0.6 is 0 Å². The Kier molecular flexibility index (Phi) is 5.81. The number of anilines is 1. The van der Waals surface area contributed by atoms with Crippen molar-refractivity contribution < 1.29 is 14.6 Å². The molecule has 0 aliphatic heterocycles. The molecule has 0 saturated carbocycles. The van der Waals surface area contributed by atoms with E-state index in [9.17, 15) is 15.0 Å². The van der Waals surface area contributed by atoms with Gasteiger partial charge < -0.3 is 19.5 Å². The Morgan fingerprint density at radius 2 is 1.81 bits per heavy atom. The molecule has 142 valence electrons. The van der Waals surface area contributed by atoms with Crippen LogP contribution in [-0.2, 0) is 13.0 Å². The molecule has 2 aromatic carbocycles. The van der Waals surface area contributed by atoms with Gasteiger partial charge in [0, 0.05) is 36.3 Å². The van der Waals surface area contributed by atoms with E-state index in [0.29, 0.717) is 31.5 Å². The number of fused-ring (bicyclic) bond motifs is 1. The molecule has 1 unspecified atom stereocenters. The molecule has 0 aliphatic rings. The molecule has 1 atom stereocenters. The zero-order valence-corrected chi connectivity index (χ0v) is 15.7. The zero-order valence-electron chi connectivity index (χ0n) is 15.7. The average Bonchev–Trinajstić information content (AvgIpc) is 2.67. The lowest BCUT2D eigenvalue weighted by Gasteiger charge is -2.27. The first-order valence-electron chi connectivity index (χ1n) is 9.28. The lowest BCUT2D eigenvalue weighted by molar-refractivity contribution is 0.175. The summed E-state index contributed by atoms with van der Waals surface area (Å²) >= 11 is 0. The number of aromatic hydroxyl groups is 1. The van der Waals surface area contributed by atoms with Crippen molar-refractivity contribution in [3.8, 4) is 5.75 Å². The van der Waals surface area contributed by atoms with Gasteiger partial charge in [0.1, 0.15) is 11.3 Å². The minimum atomic E-state index is -0.466. The molecule has 1 aromatic heterocycles. The summed E-state index contributed by atoms with van der Waals surface area (Å²) in [4.78, 5) is 14.1. The van der Waals surface area contributed by atoms with Crippen LogP contribution < -0.4 is 10.5 Å². The number of rotatable bonds is 7. The Balaban J connectivity index is 2.07. The monoisotopic (exact) mass is 367 g/mol. The highest BCUT2D eigenvalue weighted by molar-refractivity contribution is 5.83. The summed E-state index contributed by atoms with van der Waals surface area (Å²) in [6.07, 6.45) is 0.860. The smallest absolute Gasteiger partial charge is 0.336 e. The van der Waals surface area contributed by atoms with Gasteiger partial charge in [0.25, 0.3) is 0 Å². The van der Waals surface area contributed by atoms with Crippen molar-refractivity contribution >= 4 is 16.7 Å². The number of phenolic OH excluding ortho intramolecular Hbond substituents is 1. The Labute approximate surface area is 158 Å². The first-order valence-corrected chi connectivity index (χ1v) is 9.28. The molecule has 0 fully saturated rings. The highest BCUT2D eigenvalue weighted by atomic mass is 16.4. The van der Waals surface area contributed by atoms with Crippen LogP contribution in [0, 0.1) is 0 Å². The Hall–Kier alpha value is -2.79. The summed E-state index contributed by atoms with van der Waals surface area (Å²) in [5.41, 5.74) is 2.50. The second-order valence-electron chi connectivity index (χ2n) is 6.70. The van der Waals surface area contributed by atoms with Gasteiger partial charge in [-0.15, -0.1) is 0 Å². The molecular weight excluding hydrogens is 342 g/mol. The van der Waals surface area contributed by atoms with Gasteiger partial charge in [0.2, 0.25) is 0 Å². The van der Waals surface area contributed by atoms with Crippen molar-refractivity contribution in [1.82, 2.24) is 0 Å². The van der Waals surface area contributed by atoms with E-state index in [1.807, 2.05) is 50.2 Å². The average molecular weight is 367 g/mol. The molecular formula is C22H25NO4. The molecule has 0 bridgehead atoms. The van der Waals surface area contributed by atoms with E-state index in [4.69, 9.17) is 4.42 Å². The number of hydrogen-bond donors (Lipinski definition) is 2. The summed E-state index contributed by atoms with van der Waals surface area (Å²) < 4.78 is 5.29. The molecule has 5 heteroatoms. The summed E-state index contributed by atoms with van der Waals surface area (Å²) in [6.45, 7) is 4.82. The minimum absolute atomic E-state index is 0.131. The number of phenols is 1. The van der Waals surface area contributed by atoms with Gasteiger partial charge >= 0.3 is 5.63 Å². The van der Waals surface area contributed by atoms with Crippen LogP contribution in [0.1, 0.15) is 31.4 Å². The lowest BCUT2D eigenvalue weighted by atomic mass is 10.0. The molecule has 3 rings (SSSR count). The normalized spacial score (nSPS) is 12.3. The largest absolute Gasteiger partial charge is 0.508 e. The lowest BCUT2D eigenvalue weighted by Crippen LogP contribution is -2.32. The van der Waals surface area contributed by atoms with Crippen LogP contribution in [0.15, 0.2) is 57.7 Å². The number of aryl methyl sites for hydroxylation is 1. The van der Waals surface area contributed by atoms with E-state index in [0.717, 1.165) is 22.2 Å². The third-order valence-electron chi connectivity index (χ3n) is 4.80. The maximum Gasteiger partial charge on any atom is 0.336 e. The molecule has 0 radical (unpaired) electrons. The van der Waals surface area contributed by atoms with Crippen LogP contribution in [0.25, 0.3) is 11.0 Å².